The van der Waals surface area contributed by atoms with Crippen LogP contribution in [-0.4, -0.2) is 49.6 Å². The van der Waals surface area contributed by atoms with Gasteiger partial charge >= 0.3 is 0 Å². The summed E-state index contributed by atoms with van der Waals surface area (Å²) < 4.78 is 9.33. The molecular formula is C16H25N5O2. The second-order valence-corrected chi connectivity index (χ2v) is 6.05. The van der Waals surface area contributed by atoms with E-state index in [2.05, 4.69) is 19.5 Å². The number of hydrogen-bond acceptors (Lipinski definition) is 5. The maximum absolute atomic E-state index is 9.72. The van der Waals surface area contributed by atoms with E-state index in [4.69, 9.17) is 4.74 Å². The molecule has 0 radical (unpaired) electrons. The van der Waals surface area contributed by atoms with Crippen LogP contribution in [0.5, 0.6) is 0 Å². The molecule has 23 heavy (non-hydrogen) atoms. The number of hydrogen-bond donors (Lipinski definition) is 1. The summed E-state index contributed by atoms with van der Waals surface area (Å²) in [5.41, 5.74) is 1.91. The van der Waals surface area contributed by atoms with Crippen LogP contribution in [0.15, 0.2) is 18.5 Å². The third-order valence-electron chi connectivity index (χ3n) is 4.24. The Balaban J connectivity index is 1.70. The number of methoxy groups -OCH3 is 1. The average Bonchev–Trinajstić information content (AvgIpc) is 3.08. The molecule has 2 aromatic heterocycles. The normalized spacial score (nSPS) is 17.0. The van der Waals surface area contributed by atoms with Crippen molar-refractivity contribution in [2.24, 2.45) is 0 Å². The molecule has 0 amide bonds. The van der Waals surface area contributed by atoms with Crippen molar-refractivity contribution in [3.8, 4) is 0 Å². The Hall–Kier alpha value is -1.70. The lowest BCUT2D eigenvalue weighted by Crippen LogP contribution is -2.25. The van der Waals surface area contributed by atoms with Gasteiger partial charge < -0.3 is 14.4 Å². The van der Waals surface area contributed by atoms with Crippen LogP contribution in [0.4, 0.5) is 0 Å². The van der Waals surface area contributed by atoms with Crippen molar-refractivity contribution in [3.05, 3.63) is 35.7 Å². The molecule has 0 saturated heterocycles. The molecule has 0 aromatic carbocycles. The Morgan fingerprint density at radius 3 is 3.04 bits per heavy atom. The summed E-state index contributed by atoms with van der Waals surface area (Å²) in [6.07, 6.45) is 4.38. The van der Waals surface area contributed by atoms with Gasteiger partial charge in [0, 0.05) is 45.7 Å². The second kappa shape index (κ2) is 7.25. The minimum absolute atomic E-state index is 0.518. The van der Waals surface area contributed by atoms with Crippen molar-refractivity contribution in [1.29, 1.82) is 0 Å². The van der Waals surface area contributed by atoms with E-state index in [-0.39, 0.29) is 0 Å². The molecule has 1 aliphatic rings. The Labute approximate surface area is 136 Å². The lowest BCUT2D eigenvalue weighted by atomic mass is 10.2. The van der Waals surface area contributed by atoms with E-state index in [0.29, 0.717) is 6.61 Å². The number of aromatic nitrogens is 4. The monoisotopic (exact) mass is 319 g/mol. The van der Waals surface area contributed by atoms with E-state index in [9.17, 15) is 5.11 Å². The first kappa shape index (κ1) is 16.2. The van der Waals surface area contributed by atoms with Crippen LogP contribution in [0.3, 0.4) is 0 Å². The van der Waals surface area contributed by atoms with E-state index in [0.717, 1.165) is 56.4 Å². The number of aliphatic hydroxyl groups excluding tert-OH is 1. The van der Waals surface area contributed by atoms with Crippen molar-refractivity contribution in [2.45, 2.75) is 45.6 Å². The highest BCUT2D eigenvalue weighted by Crippen LogP contribution is 2.19. The lowest BCUT2D eigenvalue weighted by molar-refractivity contribution is 0.183. The molecule has 126 valence electrons. The summed E-state index contributed by atoms with van der Waals surface area (Å²) in [6, 6.07) is 2.01. The fraction of sp³-hybridized carbons (Fsp3) is 0.625. The standard InChI is InChI=1S/C16H25N5O2/c1-13(22)15-10-14-11-19(5-3-6-21(14)18-15)12-16-17-4-7-20(16)8-9-23-2/h4,7,10,13,22H,3,5-6,8-9,11-12H2,1-2H3. The number of fused-ring (bicyclic) bond motifs is 1. The molecule has 7 nitrogen and oxygen atoms in total. The molecule has 2 aromatic rings. The number of nitrogens with zero attached hydrogens (tertiary/aromatic N) is 5. The van der Waals surface area contributed by atoms with Gasteiger partial charge in [0.15, 0.2) is 0 Å². The van der Waals surface area contributed by atoms with Crippen molar-refractivity contribution in [1.82, 2.24) is 24.2 Å². The summed E-state index contributed by atoms with van der Waals surface area (Å²) in [7, 11) is 1.71. The molecule has 0 bridgehead atoms. The maximum atomic E-state index is 9.72. The van der Waals surface area contributed by atoms with Crippen molar-refractivity contribution < 1.29 is 9.84 Å². The van der Waals surface area contributed by atoms with Crippen molar-refractivity contribution in [2.75, 3.05) is 20.3 Å². The number of aliphatic hydroxyl groups is 1. The van der Waals surface area contributed by atoms with Gasteiger partial charge in [0.1, 0.15) is 5.82 Å². The van der Waals surface area contributed by atoms with Crippen LogP contribution < -0.4 is 0 Å². The molecule has 1 N–H and O–H groups in total. The number of rotatable bonds is 6. The number of imidazole rings is 1. The average molecular weight is 319 g/mol. The molecule has 7 heteroatoms. The van der Waals surface area contributed by atoms with Gasteiger partial charge in [0.2, 0.25) is 0 Å². The zero-order valence-corrected chi connectivity index (χ0v) is 13.9. The van der Waals surface area contributed by atoms with Gasteiger partial charge in [-0.1, -0.05) is 0 Å². The molecule has 1 unspecified atom stereocenters. The number of ether oxygens (including phenoxy) is 1. The Morgan fingerprint density at radius 2 is 2.26 bits per heavy atom. The summed E-state index contributed by atoms with van der Waals surface area (Å²) in [5, 5.41) is 14.2. The van der Waals surface area contributed by atoms with Crippen molar-refractivity contribution >= 4 is 0 Å². The van der Waals surface area contributed by atoms with E-state index in [1.165, 1.54) is 0 Å². The predicted molar refractivity (Wildman–Crippen MR) is 85.7 cm³/mol. The van der Waals surface area contributed by atoms with Gasteiger partial charge in [-0.25, -0.2) is 4.98 Å². The largest absolute Gasteiger partial charge is 0.387 e. The zero-order chi connectivity index (χ0) is 16.2. The third kappa shape index (κ3) is 3.80. The van der Waals surface area contributed by atoms with Gasteiger partial charge in [0.05, 0.1) is 30.6 Å². The third-order valence-corrected chi connectivity index (χ3v) is 4.24. The Morgan fingerprint density at radius 1 is 1.39 bits per heavy atom. The smallest absolute Gasteiger partial charge is 0.122 e. The minimum Gasteiger partial charge on any atom is -0.387 e. The van der Waals surface area contributed by atoms with Crippen LogP contribution in [0.2, 0.25) is 0 Å². The zero-order valence-electron chi connectivity index (χ0n) is 13.9. The van der Waals surface area contributed by atoms with Gasteiger partial charge in [-0.05, 0) is 19.4 Å². The summed E-state index contributed by atoms with van der Waals surface area (Å²) in [5.74, 6) is 1.06. The molecule has 0 fully saturated rings. The summed E-state index contributed by atoms with van der Waals surface area (Å²) >= 11 is 0. The van der Waals surface area contributed by atoms with Gasteiger partial charge in [-0.3, -0.25) is 9.58 Å². The van der Waals surface area contributed by atoms with Crippen LogP contribution in [-0.2, 0) is 30.9 Å². The minimum atomic E-state index is -0.518. The molecular weight excluding hydrogens is 294 g/mol. The summed E-state index contributed by atoms with van der Waals surface area (Å²) in [4.78, 5) is 6.87. The summed E-state index contributed by atoms with van der Waals surface area (Å²) in [6.45, 7) is 6.83. The van der Waals surface area contributed by atoms with Crippen LogP contribution in [0.1, 0.15) is 36.7 Å². The van der Waals surface area contributed by atoms with Crippen LogP contribution >= 0.6 is 0 Å². The van der Waals surface area contributed by atoms with Gasteiger partial charge in [-0.2, -0.15) is 5.10 Å². The van der Waals surface area contributed by atoms with E-state index in [1.807, 2.05) is 23.1 Å². The highest BCUT2D eigenvalue weighted by molar-refractivity contribution is 5.13. The van der Waals surface area contributed by atoms with Crippen LogP contribution in [0, 0.1) is 0 Å². The highest BCUT2D eigenvalue weighted by atomic mass is 16.5. The molecule has 1 atom stereocenters. The first-order chi connectivity index (χ1) is 11.2. The molecule has 1 aliphatic heterocycles. The first-order valence-corrected chi connectivity index (χ1v) is 8.13. The second-order valence-electron chi connectivity index (χ2n) is 6.05. The fourth-order valence-corrected chi connectivity index (χ4v) is 2.97. The van der Waals surface area contributed by atoms with Crippen LogP contribution in [0.25, 0.3) is 0 Å². The SMILES string of the molecule is COCCn1ccnc1CN1CCCn2nc(C(C)O)cc2C1. The van der Waals surface area contributed by atoms with Crippen molar-refractivity contribution in [3.63, 3.8) is 0 Å². The lowest BCUT2D eigenvalue weighted by Gasteiger charge is -2.19. The Bertz CT molecular complexity index is 634. The van der Waals surface area contributed by atoms with E-state index in [1.54, 1.807) is 14.0 Å². The fourth-order valence-electron chi connectivity index (χ4n) is 2.97. The Kier molecular flexibility index (Phi) is 5.09. The maximum Gasteiger partial charge on any atom is 0.122 e. The van der Waals surface area contributed by atoms with E-state index >= 15 is 0 Å². The molecule has 0 aliphatic carbocycles. The number of aryl methyl sites for hydroxylation is 1. The predicted octanol–water partition coefficient (Wildman–Crippen LogP) is 1.19. The molecule has 3 heterocycles. The van der Waals surface area contributed by atoms with E-state index < -0.39 is 6.10 Å². The molecule has 3 rings (SSSR count). The van der Waals surface area contributed by atoms with Gasteiger partial charge in [-0.15, -0.1) is 0 Å². The molecule has 0 spiro atoms. The van der Waals surface area contributed by atoms with Gasteiger partial charge in [0.25, 0.3) is 0 Å². The molecule has 0 saturated carbocycles. The topological polar surface area (TPSA) is 68.3 Å². The first-order valence-electron chi connectivity index (χ1n) is 8.13. The highest BCUT2D eigenvalue weighted by Gasteiger charge is 2.19. The quantitative estimate of drug-likeness (QED) is 0.866.